The molecule has 1 unspecified atom stereocenters. The van der Waals surface area contributed by atoms with E-state index in [9.17, 15) is 42.7 Å². The first-order valence-electron chi connectivity index (χ1n) is 23.5. The van der Waals surface area contributed by atoms with Crippen LogP contribution >= 0.6 is 23.6 Å². The van der Waals surface area contributed by atoms with Crippen LogP contribution in [0.25, 0.3) is 10.4 Å². The second-order valence-electron chi connectivity index (χ2n) is 19.1. The molecule has 386 valence electrons. The number of nitrogens with zero attached hydrogens (tertiary/aromatic N) is 5. The lowest BCUT2D eigenvalue weighted by atomic mass is 9.85. The molecule has 3 aromatic carbocycles. The van der Waals surface area contributed by atoms with Crippen molar-refractivity contribution in [1.82, 2.24) is 20.5 Å². The lowest BCUT2D eigenvalue weighted by Crippen LogP contribution is -2.58. The van der Waals surface area contributed by atoms with Crippen LogP contribution in [0, 0.1) is 29.5 Å². The number of thiazole rings is 1. The zero-order valence-electron chi connectivity index (χ0n) is 40.9. The molecule has 21 heteroatoms. The van der Waals surface area contributed by atoms with Crippen LogP contribution in [0.4, 0.5) is 28.9 Å². The molecule has 3 N–H and O–H groups in total. The summed E-state index contributed by atoms with van der Waals surface area (Å²) in [4.78, 5) is 62.9. The normalized spacial score (nSPS) is 17.3. The van der Waals surface area contributed by atoms with Gasteiger partial charge < -0.3 is 39.8 Å². The quantitative estimate of drug-likeness (QED) is 0.0418. The number of amides is 4. The number of halogens is 4. The Hall–Kier alpha value is -6.05. The fourth-order valence-electron chi connectivity index (χ4n) is 8.35. The Balaban J connectivity index is 0.863. The minimum absolute atomic E-state index is 0.0419. The Labute approximate surface area is 425 Å². The number of nitrogens with one attached hydrogen (secondary N) is 2. The zero-order chi connectivity index (χ0) is 52.5. The van der Waals surface area contributed by atoms with Gasteiger partial charge in [-0.3, -0.25) is 24.1 Å². The van der Waals surface area contributed by atoms with E-state index in [0.29, 0.717) is 45.0 Å². The summed E-state index contributed by atoms with van der Waals surface area (Å²) in [6.45, 7) is 11.6. The molecule has 3 atom stereocenters. The molecule has 0 bridgehead atoms. The lowest BCUT2D eigenvalue weighted by Gasteiger charge is -2.35. The van der Waals surface area contributed by atoms with Crippen molar-refractivity contribution in [2.45, 2.75) is 110 Å². The van der Waals surface area contributed by atoms with Crippen LogP contribution in [-0.4, -0.2) is 107 Å². The lowest BCUT2D eigenvalue weighted by molar-refractivity contribution is -0.144. The average Bonchev–Trinajstić information content (AvgIpc) is 3.99. The summed E-state index contributed by atoms with van der Waals surface area (Å²) in [5.41, 5.74) is 0.719. The van der Waals surface area contributed by atoms with Gasteiger partial charge in [0.2, 0.25) is 17.7 Å². The predicted octanol–water partition coefficient (Wildman–Crippen LogP) is 7.85. The van der Waals surface area contributed by atoms with Gasteiger partial charge in [-0.25, -0.2) is 9.37 Å². The molecule has 0 radical (unpaired) electrons. The number of benzene rings is 3. The third-order valence-electron chi connectivity index (χ3n) is 12.2. The van der Waals surface area contributed by atoms with Crippen LogP contribution in [0.5, 0.6) is 5.75 Å². The number of rotatable bonds is 21. The number of carbonyl (C=O) groups is 4. The van der Waals surface area contributed by atoms with Crippen molar-refractivity contribution in [3.8, 4) is 22.3 Å². The van der Waals surface area contributed by atoms with Crippen molar-refractivity contribution in [3.05, 3.63) is 94.4 Å². The van der Waals surface area contributed by atoms with E-state index >= 15 is 4.39 Å². The number of aromatic nitrogens is 1. The molecule has 2 aliphatic heterocycles. The van der Waals surface area contributed by atoms with Crippen LogP contribution in [-0.2, 0) is 41.4 Å². The SMILES string of the molecule is Cc1ncsc1-c1ccc(CNC(=O)[C@@H]2C[C@@H](O)CN2C(=O)C(NC(=O)COCCCCOCCCCOc2ccc(N3C(=S)N(c4ccc(C#N)c(C(F)(F)F)c4)C(=O)C3(C)C)cc2F)C(C)(C)C)cc1. The molecule has 1 aromatic heterocycles. The number of nitriles is 1. The van der Waals surface area contributed by atoms with Crippen molar-refractivity contribution in [1.29, 1.82) is 5.26 Å². The summed E-state index contributed by atoms with van der Waals surface area (Å²) >= 11 is 7.10. The number of thiocarbonyl (C=S) groups is 1. The molecule has 2 fully saturated rings. The third kappa shape index (κ3) is 13.3. The highest BCUT2D eigenvalue weighted by atomic mass is 32.1. The van der Waals surface area contributed by atoms with E-state index in [2.05, 4.69) is 15.6 Å². The number of hydrogen-bond donors (Lipinski definition) is 3. The Morgan fingerprint density at radius 3 is 2.24 bits per heavy atom. The molecule has 15 nitrogen and oxygen atoms in total. The Bertz CT molecular complexity index is 2650. The smallest absolute Gasteiger partial charge is 0.417 e. The largest absolute Gasteiger partial charge is 0.491 e. The van der Waals surface area contributed by atoms with Gasteiger partial charge in [-0.15, -0.1) is 11.3 Å². The molecule has 3 heterocycles. The van der Waals surface area contributed by atoms with E-state index in [-0.39, 0.29) is 61.6 Å². The van der Waals surface area contributed by atoms with Crippen LogP contribution in [0.15, 0.2) is 66.2 Å². The average molecular weight is 1040 g/mol. The van der Waals surface area contributed by atoms with E-state index in [0.717, 1.165) is 38.7 Å². The maximum absolute atomic E-state index is 15.3. The number of ether oxygens (including phenoxy) is 3. The number of anilines is 2. The number of alkyl halides is 3. The first kappa shape index (κ1) is 55.3. The Morgan fingerprint density at radius 2 is 1.62 bits per heavy atom. The monoisotopic (exact) mass is 1040 g/mol. The number of unbranched alkanes of at least 4 members (excludes halogenated alkanes) is 2. The summed E-state index contributed by atoms with van der Waals surface area (Å²) in [7, 11) is 0. The second kappa shape index (κ2) is 23.7. The molecule has 2 saturated heterocycles. The number of aliphatic hydroxyl groups is 1. The van der Waals surface area contributed by atoms with Gasteiger partial charge in [0.1, 0.15) is 24.2 Å². The number of hydrogen-bond acceptors (Lipinski definition) is 12. The van der Waals surface area contributed by atoms with Crippen LogP contribution < -0.4 is 25.2 Å². The first-order chi connectivity index (χ1) is 34.0. The number of likely N-dealkylation sites (tertiary alicyclic amines) is 1. The molecule has 4 aromatic rings. The van der Waals surface area contributed by atoms with Crippen molar-refractivity contribution >= 4 is 63.7 Å². The molecule has 2 aliphatic rings. The molecule has 72 heavy (non-hydrogen) atoms. The van der Waals surface area contributed by atoms with Gasteiger partial charge in [-0.05, 0) is 106 Å². The zero-order valence-corrected chi connectivity index (χ0v) is 42.6. The molecular formula is C51H59F4N7O8S2. The molecular weight excluding hydrogens is 979 g/mol. The van der Waals surface area contributed by atoms with Crippen molar-refractivity contribution in [3.63, 3.8) is 0 Å². The van der Waals surface area contributed by atoms with Crippen LogP contribution in [0.1, 0.15) is 89.1 Å². The number of aliphatic hydroxyl groups excluding tert-OH is 1. The molecule has 4 amide bonds. The number of carbonyl (C=O) groups excluding carboxylic acids is 4. The summed E-state index contributed by atoms with van der Waals surface area (Å²) in [5, 5.41) is 25.3. The van der Waals surface area contributed by atoms with E-state index in [1.807, 2.05) is 52.0 Å². The highest BCUT2D eigenvalue weighted by Crippen LogP contribution is 2.40. The Morgan fingerprint density at radius 1 is 0.972 bits per heavy atom. The van der Waals surface area contributed by atoms with E-state index in [1.54, 1.807) is 16.8 Å². The van der Waals surface area contributed by atoms with Gasteiger partial charge in [0.15, 0.2) is 16.7 Å². The molecule has 0 saturated carbocycles. The van der Waals surface area contributed by atoms with Crippen molar-refractivity contribution < 1.29 is 56.1 Å². The van der Waals surface area contributed by atoms with Gasteiger partial charge in [-0.1, -0.05) is 45.0 Å². The van der Waals surface area contributed by atoms with Crippen LogP contribution in [0.2, 0.25) is 0 Å². The number of β-amino-alcohol motifs (C(OH)–C–C–N with tert-alkyl or cyclic N) is 1. The second-order valence-corrected chi connectivity index (χ2v) is 20.4. The van der Waals surface area contributed by atoms with Gasteiger partial charge in [0, 0.05) is 51.1 Å². The Kier molecular flexibility index (Phi) is 18.2. The maximum Gasteiger partial charge on any atom is 0.417 e. The minimum atomic E-state index is -4.85. The fourth-order valence-corrected chi connectivity index (χ4v) is 9.69. The predicted molar refractivity (Wildman–Crippen MR) is 266 cm³/mol. The van der Waals surface area contributed by atoms with Crippen molar-refractivity contribution in [2.75, 3.05) is 49.4 Å². The van der Waals surface area contributed by atoms with Crippen LogP contribution in [0.3, 0.4) is 0 Å². The number of aryl methyl sites for hydroxylation is 1. The molecule has 0 aliphatic carbocycles. The van der Waals surface area contributed by atoms with E-state index < -0.39 is 75.9 Å². The van der Waals surface area contributed by atoms with Gasteiger partial charge in [0.05, 0.1) is 51.7 Å². The highest BCUT2D eigenvalue weighted by molar-refractivity contribution is 7.81. The van der Waals surface area contributed by atoms with Gasteiger partial charge in [-0.2, -0.15) is 18.4 Å². The molecule has 0 spiro atoms. The summed E-state index contributed by atoms with van der Waals surface area (Å²) < 4.78 is 73.4. The van der Waals surface area contributed by atoms with Crippen molar-refractivity contribution in [2.24, 2.45) is 5.41 Å². The maximum atomic E-state index is 15.3. The highest BCUT2D eigenvalue weighted by Gasteiger charge is 2.51. The van der Waals surface area contributed by atoms with E-state index in [4.69, 9.17) is 26.4 Å². The van der Waals surface area contributed by atoms with Gasteiger partial charge >= 0.3 is 6.18 Å². The standard InChI is InChI=1S/C51H59F4N7O8S2/c1-31-43(72-30-58-31)33-13-11-32(12-14-33)27-57-45(65)40-25-37(63)28-60(40)46(66)44(49(2,3)4)59-42(64)29-69-21-8-7-19-68-20-9-10-22-70-41-18-17-36(24-39(41)52)62-48(71)61(47(67)50(62,5)6)35-16-15-34(26-56)38(23-35)51(53,54)55/h11-18,23-24,30,37,40,44,63H,7-10,19-22,25,27-29H2,1-6H3,(H,57,65)(H,59,64)/t37-,40+,44?/m1/s1. The molecule has 6 rings (SSSR count). The fraction of sp³-hybridized carbons (Fsp3) is 0.471. The first-order valence-corrected chi connectivity index (χ1v) is 24.7. The third-order valence-corrected chi connectivity index (χ3v) is 13.6. The summed E-state index contributed by atoms with van der Waals surface area (Å²) in [6.07, 6.45) is -3.26. The van der Waals surface area contributed by atoms with E-state index in [1.165, 1.54) is 47.9 Å². The minimum Gasteiger partial charge on any atom is -0.491 e. The van der Waals surface area contributed by atoms with Gasteiger partial charge in [0.25, 0.3) is 5.91 Å². The topological polar surface area (TPSA) is 187 Å². The summed E-state index contributed by atoms with van der Waals surface area (Å²) in [6, 6.07) is 14.3. The summed E-state index contributed by atoms with van der Waals surface area (Å²) in [5.74, 6) is -2.77.